The lowest BCUT2D eigenvalue weighted by Gasteiger charge is -1.97. The number of hydrogen-bond donors (Lipinski definition) is 0. The maximum absolute atomic E-state index is 13.3. The summed E-state index contributed by atoms with van der Waals surface area (Å²) in [7, 11) is 0. The standard InChI is InChI=1S/C12H9FN2O.CH4/c1-3-4-9-7-10(5-6-11(9)13)12-14-8(2)16-15-12;/h5-7H,1-2H3;1H4. The second-order valence-corrected chi connectivity index (χ2v) is 3.21. The van der Waals surface area contributed by atoms with E-state index in [0.29, 0.717) is 22.8 Å². The van der Waals surface area contributed by atoms with E-state index in [4.69, 9.17) is 4.52 Å². The van der Waals surface area contributed by atoms with Gasteiger partial charge in [0.25, 0.3) is 0 Å². The fraction of sp³-hybridized carbons (Fsp3) is 0.231. The summed E-state index contributed by atoms with van der Waals surface area (Å²) in [5.41, 5.74) is 1.03. The number of benzene rings is 1. The van der Waals surface area contributed by atoms with Crippen molar-refractivity contribution >= 4 is 0 Å². The lowest BCUT2D eigenvalue weighted by molar-refractivity contribution is 0.394. The van der Waals surface area contributed by atoms with Crippen molar-refractivity contribution in [2.75, 3.05) is 0 Å². The van der Waals surface area contributed by atoms with Gasteiger partial charge in [0, 0.05) is 12.5 Å². The number of hydrogen-bond acceptors (Lipinski definition) is 3. The maximum atomic E-state index is 13.3. The molecule has 0 saturated carbocycles. The Kier molecular flexibility index (Phi) is 4.00. The van der Waals surface area contributed by atoms with Gasteiger partial charge in [-0.2, -0.15) is 4.98 Å². The van der Waals surface area contributed by atoms with Crippen LogP contribution in [0.25, 0.3) is 11.4 Å². The third kappa shape index (κ3) is 2.70. The van der Waals surface area contributed by atoms with Gasteiger partial charge in [0.15, 0.2) is 0 Å². The van der Waals surface area contributed by atoms with E-state index in [0.717, 1.165) is 0 Å². The molecule has 1 aromatic heterocycles. The van der Waals surface area contributed by atoms with Gasteiger partial charge in [-0.3, -0.25) is 0 Å². The van der Waals surface area contributed by atoms with Gasteiger partial charge in [-0.15, -0.1) is 5.92 Å². The normalized spacial score (nSPS) is 9.12. The van der Waals surface area contributed by atoms with Crippen molar-refractivity contribution in [3.8, 4) is 23.2 Å². The average Bonchev–Trinajstić information content (AvgIpc) is 2.69. The summed E-state index contributed by atoms with van der Waals surface area (Å²) < 4.78 is 18.2. The first-order valence-electron chi connectivity index (χ1n) is 4.73. The van der Waals surface area contributed by atoms with Crippen LogP contribution in [0, 0.1) is 24.6 Å². The number of nitrogens with zero attached hydrogens (tertiary/aromatic N) is 2. The molecule has 2 aromatic rings. The van der Waals surface area contributed by atoms with E-state index >= 15 is 0 Å². The molecule has 0 N–H and O–H groups in total. The fourth-order valence-corrected chi connectivity index (χ4v) is 1.31. The van der Waals surface area contributed by atoms with Crippen LogP contribution in [0.4, 0.5) is 4.39 Å². The fourth-order valence-electron chi connectivity index (χ4n) is 1.31. The number of halogens is 1. The Balaban J connectivity index is 0.00000144. The second-order valence-electron chi connectivity index (χ2n) is 3.21. The summed E-state index contributed by atoms with van der Waals surface area (Å²) in [5.74, 6) is 5.90. The predicted molar refractivity (Wildman–Crippen MR) is 63.7 cm³/mol. The molecule has 1 aromatic carbocycles. The van der Waals surface area contributed by atoms with E-state index in [-0.39, 0.29) is 13.2 Å². The van der Waals surface area contributed by atoms with Gasteiger partial charge in [-0.05, 0) is 25.1 Å². The molecule has 2 rings (SSSR count). The van der Waals surface area contributed by atoms with Crippen LogP contribution < -0.4 is 0 Å². The molecule has 17 heavy (non-hydrogen) atoms. The highest BCUT2D eigenvalue weighted by atomic mass is 19.1. The van der Waals surface area contributed by atoms with Crippen molar-refractivity contribution in [2.45, 2.75) is 21.3 Å². The monoisotopic (exact) mass is 232 g/mol. The number of rotatable bonds is 1. The first-order valence-corrected chi connectivity index (χ1v) is 4.73. The van der Waals surface area contributed by atoms with Crippen LogP contribution >= 0.6 is 0 Å². The molecule has 0 atom stereocenters. The maximum Gasteiger partial charge on any atom is 0.223 e. The Bertz CT molecular complexity index is 579. The van der Waals surface area contributed by atoms with E-state index in [1.807, 2.05) is 0 Å². The molecule has 4 heteroatoms. The van der Waals surface area contributed by atoms with Crippen LogP contribution in [0.5, 0.6) is 0 Å². The van der Waals surface area contributed by atoms with E-state index in [1.165, 1.54) is 6.07 Å². The summed E-state index contributed by atoms with van der Waals surface area (Å²) in [4.78, 5) is 4.06. The molecule has 3 nitrogen and oxygen atoms in total. The van der Waals surface area contributed by atoms with Gasteiger partial charge in [-0.25, -0.2) is 4.39 Å². The second kappa shape index (κ2) is 5.26. The zero-order chi connectivity index (χ0) is 11.5. The van der Waals surface area contributed by atoms with Gasteiger partial charge in [0.2, 0.25) is 11.7 Å². The highest BCUT2D eigenvalue weighted by molar-refractivity contribution is 5.58. The minimum absolute atomic E-state index is 0. The molecular weight excluding hydrogens is 219 g/mol. The molecule has 0 radical (unpaired) electrons. The van der Waals surface area contributed by atoms with E-state index in [2.05, 4.69) is 22.0 Å². The SMILES string of the molecule is C.CC#Cc1cc(-c2noc(C)n2)ccc1F. The average molecular weight is 232 g/mol. The van der Waals surface area contributed by atoms with Crippen molar-refractivity contribution in [3.63, 3.8) is 0 Å². The summed E-state index contributed by atoms with van der Waals surface area (Å²) in [6.07, 6.45) is 0. The Labute approximate surface area is 99.7 Å². The Hall–Kier alpha value is -2.15. The Morgan fingerprint density at radius 3 is 2.71 bits per heavy atom. The minimum atomic E-state index is -0.349. The highest BCUT2D eigenvalue weighted by Gasteiger charge is 2.08. The molecule has 0 aliphatic rings. The van der Waals surface area contributed by atoms with E-state index in [9.17, 15) is 4.39 Å². The minimum Gasteiger partial charge on any atom is -0.339 e. The molecule has 0 aliphatic carbocycles. The first-order chi connectivity index (χ1) is 7.70. The number of aryl methyl sites for hydroxylation is 1. The molecule has 0 fully saturated rings. The Morgan fingerprint density at radius 2 is 2.12 bits per heavy atom. The summed E-state index contributed by atoms with van der Waals surface area (Å²) in [6, 6.07) is 4.55. The van der Waals surface area contributed by atoms with Gasteiger partial charge in [0.1, 0.15) is 5.82 Å². The Morgan fingerprint density at radius 1 is 1.35 bits per heavy atom. The van der Waals surface area contributed by atoms with Gasteiger partial charge < -0.3 is 4.52 Å². The topological polar surface area (TPSA) is 38.9 Å². The lowest BCUT2D eigenvalue weighted by atomic mass is 10.1. The zero-order valence-corrected chi connectivity index (χ0v) is 8.91. The third-order valence-corrected chi connectivity index (χ3v) is 2.01. The highest BCUT2D eigenvalue weighted by Crippen LogP contribution is 2.18. The van der Waals surface area contributed by atoms with Crippen molar-refractivity contribution < 1.29 is 8.91 Å². The van der Waals surface area contributed by atoms with Gasteiger partial charge in [-0.1, -0.05) is 18.5 Å². The lowest BCUT2D eigenvalue weighted by Crippen LogP contribution is -1.87. The largest absolute Gasteiger partial charge is 0.339 e. The van der Waals surface area contributed by atoms with Crippen LogP contribution in [-0.2, 0) is 0 Å². The van der Waals surface area contributed by atoms with Crippen molar-refractivity contribution in [3.05, 3.63) is 35.5 Å². The van der Waals surface area contributed by atoms with Crippen molar-refractivity contribution in [1.29, 1.82) is 0 Å². The van der Waals surface area contributed by atoms with E-state index in [1.54, 1.807) is 26.0 Å². The number of aromatic nitrogens is 2. The molecule has 1 heterocycles. The van der Waals surface area contributed by atoms with Crippen molar-refractivity contribution in [2.24, 2.45) is 0 Å². The molecule has 88 valence electrons. The smallest absolute Gasteiger partial charge is 0.223 e. The molecule has 0 amide bonds. The quantitative estimate of drug-likeness (QED) is 0.709. The molecule has 0 spiro atoms. The summed E-state index contributed by atoms with van der Waals surface area (Å²) in [5, 5.41) is 3.76. The molecular formula is C13H13FN2O. The summed E-state index contributed by atoms with van der Waals surface area (Å²) in [6.45, 7) is 3.36. The molecule has 0 saturated heterocycles. The van der Waals surface area contributed by atoms with Crippen LogP contribution in [0.15, 0.2) is 22.7 Å². The van der Waals surface area contributed by atoms with Crippen molar-refractivity contribution in [1.82, 2.24) is 10.1 Å². The van der Waals surface area contributed by atoms with Crippen LogP contribution in [0.3, 0.4) is 0 Å². The molecule has 0 aliphatic heterocycles. The van der Waals surface area contributed by atoms with Gasteiger partial charge >= 0.3 is 0 Å². The van der Waals surface area contributed by atoms with Crippen LogP contribution in [0.2, 0.25) is 0 Å². The third-order valence-electron chi connectivity index (χ3n) is 2.01. The predicted octanol–water partition coefficient (Wildman–Crippen LogP) is 3.19. The molecule has 0 unspecified atom stereocenters. The molecule has 0 bridgehead atoms. The first kappa shape index (κ1) is 12.9. The summed E-state index contributed by atoms with van der Waals surface area (Å²) >= 11 is 0. The van der Waals surface area contributed by atoms with E-state index < -0.39 is 0 Å². The van der Waals surface area contributed by atoms with Crippen LogP contribution in [-0.4, -0.2) is 10.1 Å². The zero-order valence-electron chi connectivity index (χ0n) is 8.91. The van der Waals surface area contributed by atoms with Gasteiger partial charge in [0.05, 0.1) is 5.56 Å². The van der Waals surface area contributed by atoms with Crippen LogP contribution in [0.1, 0.15) is 25.8 Å².